The summed E-state index contributed by atoms with van der Waals surface area (Å²) in [6.45, 7) is 1.67. The van der Waals surface area contributed by atoms with Crippen LogP contribution in [0.5, 0.6) is 0 Å². The number of aromatic nitrogens is 2. The van der Waals surface area contributed by atoms with Gasteiger partial charge in [-0.05, 0) is 61.1 Å². The van der Waals surface area contributed by atoms with Gasteiger partial charge in [-0.15, -0.1) is 0 Å². The van der Waals surface area contributed by atoms with Gasteiger partial charge in [-0.1, -0.05) is 0 Å². The van der Waals surface area contributed by atoms with Crippen molar-refractivity contribution in [1.29, 1.82) is 0 Å². The van der Waals surface area contributed by atoms with E-state index in [0.29, 0.717) is 27.8 Å². The largest absolute Gasteiger partial charge is 0.353 e. The van der Waals surface area contributed by atoms with E-state index < -0.39 is 0 Å². The predicted molar refractivity (Wildman–Crippen MR) is 98.4 cm³/mol. The van der Waals surface area contributed by atoms with Gasteiger partial charge in [0.15, 0.2) is 0 Å². The van der Waals surface area contributed by atoms with Gasteiger partial charge in [0.25, 0.3) is 0 Å². The van der Waals surface area contributed by atoms with E-state index in [2.05, 4.69) is 41.4 Å². The molecular formula is C17H21BrFN5. The highest BCUT2D eigenvalue weighted by molar-refractivity contribution is 9.10. The average Bonchev–Trinajstić information content (AvgIpc) is 3.35. The molecule has 24 heavy (non-hydrogen) atoms. The Morgan fingerprint density at radius 3 is 2.71 bits per heavy atom. The molecule has 1 aliphatic rings. The minimum atomic E-state index is -0.305. The molecule has 7 heteroatoms. The average molecular weight is 394 g/mol. The summed E-state index contributed by atoms with van der Waals surface area (Å²) in [7, 11) is 4.05. The number of anilines is 3. The molecule has 128 valence electrons. The summed E-state index contributed by atoms with van der Waals surface area (Å²) in [5, 5.41) is 6.43. The smallest absolute Gasteiger partial charge is 0.224 e. The molecule has 0 bridgehead atoms. The summed E-state index contributed by atoms with van der Waals surface area (Å²) in [5.41, 5.74) is 1.70. The van der Waals surface area contributed by atoms with Crippen molar-refractivity contribution in [2.45, 2.75) is 18.8 Å². The second-order valence-electron chi connectivity index (χ2n) is 6.26. The number of nitrogens with zero attached hydrogens (tertiary/aromatic N) is 3. The molecule has 1 aromatic carbocycles. The first-order valence-electron chi connectivity index (χ1n) is 8.01. The molecule has 1 fully saturated rings. The summed E-state index contributed by atoms with van der Waals surface area (Å²) in [6.07, 6.45) is 2.33. The van der Waals surface area contributed by atoms with Crippen LogP contribution >= 0.6 is 15.9 Å². The maximum Gasteiger partial charge on any atom is 0.224 e. The quantitative estimate of drug-likeness (QED) is 0.744. The van der Waals surface area contributed by atoms with Gasteiger partial charge in [0.05, 0.1) is 10.2 Å². The monoisotopic (exact) mass is 393 g/mol. The molecule has 1 heterocycles. The summed E-state index contributed by atoms with van der Waals surface area (Å²) in [5.74, 6) is 1.51. The molecule has 1 aromatic heterocycles. The van der Waals surface area contributed by atoms with Crippen molar-refractivity contribution in [2.75, 3.05) is 37.8 Å². The van der Waals surface area contributed by atoms with Crippen LogP contribution in [0.25, 0.3) is 0 Å². The molecule has 3 rings (SSSR count). The fourth-order valence-electron chi connectivity index (χ4n) is 2.31. The van der Waals surface area contributed by atoms with Crippen LogP contribution in [0.4, 0.5) is 21.8 Å². The van der Waals surface area contributed by atoms with Crippen molar-refractivity contribution in [3.05, 3.63) is 40.2 Å². The first kappa shape index (κ1) is 17.1. The minimum Gasteiger partial charge on any atom is -0.353 e. The molecule has 0 radical (unpaired) electrons. The van der Waals surface area contributed by atoms with Gasteiger partial charge in [-0.25, -0.2) is 9.37 Å². The normalized spacial score (nSPS) is 14.0. The Labute approximate surface area is 149 Å². The number of hydrogen-bond donors (Lipinski definition) is 2. The molecule has 0 unspecified atom stereocenters. The van der Waals surface area contributed by atoms with Crippen LogP contribution in [0.15, 0.2) is 28.7 Å². The number of halogens is 2. The Kier molecular flexibility index (Phi) is 5.30. The van der Waals surface area contributed by atoms with Crippen molar-refractivity contribution in [2.24, 2.45) is 0 Å². The molecule has 0 atom stereocenters. The Hall–Kier alpha value is -1.73. The lowest BCUT2D eigenvalue weighted by Crippen LogP contribution is -2.21. The van der Waals surface area contributed by atoms with Crippen molar-refractivity contribution in [3.63, 3.8) is 0 Å². The lowest BCUT2D eigenvalue weighted by atomic mass is 10.2. The second-order valence-corrected chi connectivity index (χ2v) is 7.11. The Bertz CT molecular complexity index is 718. The van der Waals surface area contributed by atoms with E-state index in [0.717, 1.165) is 18.8 Å². The lowest BCUT2D eigenvalue weighted by Gasteiger charge is -2.13. The van der Waals surface area contributed by atoms with Crippen molar-refractivity contribution >= 4 is 33.4 Å². The van der Waals surface area contributed by atoms with Gasteiger partial charge in [-0.3, -0.25) is 0 Å². The summed E-state index contributed by atoms with van der Waals surface area (Å²) in [6, 6.07) is 6.89. The van der Waals surface area contributed by atoms with Crippen molar-refractivity contribution in [3.8, 4) is 0 Å². The first-order valence-corrected chi connectivity index (χ1v) is 8.80. The van der Waals surface area contributed by atoms with E-state index in [-0.39, 0.29) is 5.82 Å². The summed E-state index contributed by atoms with van der Waals surface area (Å²) >= 11 is 3.16. The molecule has 2 N–H and O–H groups in total. The molecule has 0 spiro atoms. The van der Waals surface area contributed by atoms with E-state index in [4.69, 9.17) is 0 Å². The van der Waals surface area contributed by atoms with Crippen LogP contribution in [-0.4, -0.2) is 42.1 Å². The van der Waals surface area contributed by atoms with Crippen LogP contribution in [0, 0.1) is 5.82 Å². The third-order valence-corrected chi connectivity index (χ3v) is 4.42. The highest BCUT2D eigenvalue weighted by Crippen LogP contribution is 2.40. The second kappa shape index (κ2) is 7.44. The minimum absolute atomic E-state index is 0.305. The van der Waals surface area contributed by atoms with E-state index >= 15 is 0 Å². The van der Waals surface area contributed by atoms with Gasteiger partial charge in [-0.2, -0.15) is 4.98 Å². The summed E-state index contributed by atoms with van der Waals surface area (Å²) < 4.78 is 14.1. The predicted octanol–water partition coefficient (Wildman–Crippen LogP) is 3.97. The van der Waals surface area contributed by atoms with Gasteiger partial charge in [0.2, 0.25) is 5.95 Å². The van der Waals surface area contributed by atoms with Crippen LogP contribution in [0.2, 0.25) is 0 Å². The molecule has 1 aliphatic carbocycles. The third kappa shape index (κ3) is 4.64. The maximum absolute atomic E-state index is 13.7. The van der Waals surface area contributed by atoms with Gasteiger partial charge < -0.3 is 15.5 Å². The highest BCUT2D eigenvalue weighted by atomic mass is 79.9. The fourth-order valence-corrected chi connectivity index (χ4v) is 2.56. The maximum atomic E-state index is 13.7. The Morgan fingerprint density at radius 2 is 2.04 bits per heavy atom. The van der Waals surface area contributed by atoms with Gasteiger partial charge >= 0.3 is 0 Å². The van der Waals surface area contributed by atoms with E-state index in [1.807, 2.05) is 26.2 Å². The zero-order chi connectivity index (χ0) is 17.1. The molecule has 5 nitrogen and oxygen atoms in total. The Morgan fingerprint density at radius 1 is 1.25 bits per heavy atom. The van der Waals surface area contributed by atoms with Gasteiger partial charge in [0, 0.05) is 30.8 Å². The number of rotatable bonds is 7. The molecule has 1 saturated carbocycles. The highest BCUT2D eigenvalue weighted by Gasteiger charge is 2.26. The molecule has 0 saturated heterocycles. The molecule has 0 aliphatic heterocycles. The summed E-state index contributed by atoms with van der Waals surface area (Å²) in [4.78, 5) is 11.2. The molecule has 0 amide bonds. The van der Waals surface area contributed by atoms with Crippen LogP contribution in [-0.2, 0) is 0 Å². The SMILES string of the molecule is CN(C)CCNc1nc(Nc2ccc(Br)c(F)c2)cc(C2CC2)n1. The number of likely N-dealkylation sites (N-methyl/N-ethyl adjacent to an activating group) is 1. The molecular weight excluding hydrogens is 373 g/mol. The Balaban J connectivity index is 1.77. The number of benzene rings is 1. The number of nitrogens with one attached hydrogen (secondary N) is 2. The van der Waals surface area contributed by atoms with Gasteiger partial charge in [0.1, 0.15) is 11.6 Å². The van der Waals surface area contributed by atoms with E-state index in [1.54, 1.807) is 6.07 Å². The molecule has 2 aromatic rings. The van der Waals surface area contributed by atoms with Crippen molar-refractivity contribution in [1.82, 2.24) is 14.9 Å². The number of hydrogen-bond acceptors (Lipinski definition) is 5. The van der Waals surface area contributed by atoms with Crippen LogP contribution in [0.1, 0.15) is 24.5 Å². The first-order chi connectivity index (χ1) is 11.5. The van der Waals surface area contributed by atoms with Crippen LogP contribution in [0.3, 0.4) is 0 Å². The topological polar surface area (TPSA) is 53.1 Å². The lowest BCUT2D eigenvalue weighted by molar-refractivity contribution is 0.425. The standard InChI is InChI=1S/C17H21BrFN5/c1-24(2)8-7-20-17-22-15(11-3-4-11)10-16(23-17)21-12-5-6-13(18)14(19)9-12/h5-6,9-11H,3-4,7-8H2,1-2H3,(H2,20,21,22,23). The van der Waals surface area contributed by atoms with E-state index in [9.17, 15) is 4.39 Å². The van der Waals surface area contributed by atoms with Crippen molar-refractivity contribution < 1.29 is 4.39 Å². The fraction of sp³-hybridized carbons (Fsp3) is 0.412. The third-order valence-electron chi connectivity index (χ3n) is 3.78. The van der Waals surface area contributed by atoms with Crippen LogP contribution < -0.4 is 10.6 Å². The van der Waals surface area contributed by atoms with E-state index in [1.165, 1.54) is 18.9 Å². The zero-order valence-corrected chi connectivity index (χ0v) is 15.4. The zero-order valence-electron chi connectivity index (χ0n) is 13.8.